The zero-order valence-electron chi connectivity index (χ0n) is 32.7. The predicted octanol–water partition coefficient (Wildman–Crippen LogP) is 7.71. The quantitative estimate of drug-likeness (QED) is 0.125. The molecule has 0 saturated heterocycles. The lowest BCUT2D eigenvalue weighted by Crippen LogP contribution is -2.63. The monoisotopic (exact) mass is 740 g/mol. The molecule has 7 rings (SSSR count). The summed E-state index contributed by atoms with van der Waals surface area (Å²) in [4.78, 5) is 29.1. The number of carboxylic acids is 1. The molecule has 4 fully saturated rings. The number of carbonyl (C=O) groups is 2. The SMILES string of the molecule is COC(=O)c1c(C)nc2ccc(CC[C@@]3(O)CC[C@@]4(C)C(C[C@@H](O)C5C4C[C@H](O)[C@@]4(C)C5CC[C@@H]4C(C)CCC(=O)O)C3)cc2c1NCc1ccccc1. The van der Waals surface area contributed by atoms with Gasteiger partial charge in [-0.05, 0) is 141 Å². The molecular weight excluding hydrogens is 681 g/mol. The first-order chi connectivity index (χ1) is 25.7. The Morgan fingerprint density at radius 1 is 1.02 bits per heavy atom. The van der Waals surface area contributed by atoms with Crippen LogP contribution in [0.1, 0.15) is 112 Å². The van der Waals surface area contributed by atoms with E-state index < -0.39 is 29.7 Å². The molecule has 0 bridgehead atoms. The number of aliphatic hydroxyl groups excluding tert-OH is 2. The zero-order valence-corrected chi connectivity index (χ0v) is 32.7. The molecule has 1 aromatic heterocycles. The van der Waals surface area contributed by atoms with Gasteiger partial charge < -0.3 is 30.5 Å². The number of hydrogen-bond donors (Lipinski definition) is 5. The number of anilines is 1. The Morgan fingerprint density at radius 3 is 2.50 bits per heavy atom. The van der Waals surface area contributed by atoms with Crippen molar-refractivity contribution in [3.8, 4) is 0 Å². The van der Waals surface area contributed by atoms with Crippen molar-refractivity contribution in [2.45, 2.75) is 123 Å². The summed E-state index contributed by atoms with van der Waals surface area (Å²) in [6.45, 7) is 9.08. The van der Waals surface area contributed by atoms with Gasteiger partial charge in [-0.1, -0.05) is 57.2 Å². The summed E-state index contributed by atoms with van der Waals surface area (Å²) in [7, 11) is 1.38. The molecule has 0 aliphatic heterocycles. The number of hydrogen-bond acceptors (Lipinski definition) is 8. The van der Waals surface area contributed by atoms with Gasteiger partial charge in [0.2, 0.25) is 0 Å². The van der Waals surface area contributed by atoms with Gasteiger partial charge in [0.1, 0.15) is 5.56 Å². The summed E-state index contributed by atoms with van der Waals surface area (Å²) in [6.07, 6.45) is 6.43. The minimum Gasteiger partial charge on any atom is -0.481 e. The summed E-state index contributed by atoms with van der Waals surface area (Å²) < 4.78 is 5.18. The van der Waals surface area contributed by atoms with E-state index in [1.54, 1.807) is 0 Å². The second-order valence-electron chi connectivity index (χ2n) is 18.1. The smallest absolute Gasteiger partial charge is 0.341 e. The minimum absolute atomic E-state index is 0.0818. The molecule has 292 valence electrons. The summed E-state index contributed by atoms with van der Waals surface area (Å²) >= 11 is 0. The molecule has 4 saturated carbocycles. The van der Waals surface area contributed by atoms with Crippen molar-refractivity contribution in [1.82, 2.24) is 4.98 Å². The highest BCUT2D eigenvalue weighted by Crippen LogP contribution is 2.69. The van der Waals surface area contributed by atoms with Gasteiger partial charge in [0.25, 0.3) is 0 Å². The van der Waals surface area contributed by atoms with E-state index in [-0.39, 0.29) is 52.8 Å². The van der Waals surface area contributed by atoms with E-state index in [1.165, 1.54) is 7.11 Å². The molecule has 4 aliphatic carbocycles. The number of aromatic nitrogens is 1. The molecular formula is C45H60N2O7. The lowest BCUT2D eigenvalue weighted by Gasteiger charge is -2.64. The molecule has 5 unspecified atom stereocenters. The van der Waals surface area contributed by atoms with E-state index in [0.29, 0.717) is 68.4 Å². The van der Waals surface area contributed by atoms with E-state index >= 15 is 0 Å². The molecule has 2 aromatic carbocycles. The van der Waals surface area contributed by atoms with Gasteiger partial charge >= 0.3 is 11.9 Å². The van der Waals surface area contributed by atoms with Gasteiger partial charge in [0.15, 0.2) is 0 Å². The largest absolute Gasteiger partial charge is 0.481 e. The third-order valence-corrected chi connectivity index (χ3v) is 15.3. The normalized spacial score (nSPS) is 35.1. The molecule has 9 heteroatoms. The zero-order chi connectivity index (χ0) is 38.6. The number of pyridine rings is 1. The van der Waals surface area contributed by atoms with Crippen molar-refractivity contribution in [1.29, 1.82) is 0 Å². The third-order valence-electron chi connectivity index (χ3n) is 15.3. The highest BCUT2D eigenvalue weighted by atomic mass is 16.5. The van der Waals surface area contributed by atoms with Crippen LogP contribution < -0.4 is 5.32 Å². The van der Waals surface area contributed by atoms with Crippen LogP contribution in [-0.2, 0) is 22.5 Å². The number of rotatable bonds is 11. The van der Waals surface area contributed by atoms with Crippen molar-refractivity contribution in [3.05, 3.63) is 70.9 Å². The number of ether oxygens (including phenoxy) is 1. The Labute approximate surface area is 319 Å². The van der Waals surface area contributed by atoms with E-state index in [4.69, 9.17) is 9.72 Å². The van der Waals surface area contributed by atoms with Crippen LogP contribution >= 0.6 is 0 Å². The molecule has 11 atom stereocenters. The lowest BCUT2D eigenvalue weighted by molar-refractivity contribution is -0.216. The molecule has 0 radical (unpaired) electrons. The van der Waals surface area contributed by atoms with Gasteiger partial charge in [0, 0.05) is 18.4 Å². The molecule has 0 spiro atoms. The number of nitrogens with one attached hydrogen (secondary N) is 1. The third kappa shape index (κ3) is 6.83. The van der Waals surface area contributed by atoms with Crippen LogP contribution in [0.5, 0.6) is 0 Å². The van der Waals surface area contributed by atoms with Gasteiger partial charge in [-0.25, -0.2) is 4.79 Å². The maximum atomic E-state index is 13.0. The number of methoxy groups -OCH3 is 1. The Kier molecular flexibility index (Phi) is 10.7. The van der Waals surface area contributed by atoms with E-state index in [9.17, 15) is 30.0 Å². The van der Waals surface area contributed by atoms with Crippen LogP contribution in [0.25, 0.3) is 10.9 Å². The molecule has 54 heavy (non-hydrogen) atoms. The fraction of sp³-hybridized carbons (Fsp3) is 0.622. The van der Waals surface area contributed by atoms with Gasteiger partial charge in [-0.15, -0.1) is 0 Å². The standard InChI is InChI=1S/C45H60N2O7/c1-26(11-16-38(50)51)32-13-14-33-40-34(23-37(49)44(32,33)4)43(3)19-20-45(53,24-30(43)22-36(40)48)18-17-28-12-15-35-31(21-28)41(39(27(2)47-35)42(52)54-5)46-25-29-9-7-6-8-10-29/h6-10,12,15,21,26,30,32-34,36-37,40,48-49,53H,11,13-14,16-20,22-25H2,1-5H3,(H,46,47)(H,50,51)/t26?,30?,32-,33?,34?,36-,37+,40?,43+,44-,45-/m1/s1. The van der Waals surface area contributed by atoms with E-state index in [1.807, 2.05) is 43.3 Å². The summed E-state index contributed by atoms with van der Waals surface area (Å²) in [5, 5.41) is 49.8. The number of aliphatic hydroxyl groups is 3. The maximum Gasteiger partial charge on any atom is 0.341 e. The van der Waals surface area contributed by atoms with Crippen molar-refractivity contribution >= 4 is 28.5 Å². The number of nitrogens with zero attached hydrogens (tertiary/aromatic N) is 1. The van der Waals surface area contributed by atoms with Crippen molar-refractivity contribution in [2.24, 2.45) is 46.3 Å². The topological polar surface area (TPSA) is 149 Å². The fourth-order valence-electron chi connectivity index (χ4n) is 12.3. The van der Waals surface area contributed by atoms with Crippen molar-refractivity contribution in [3.63, 3.8) is 0 Å². The Morgan fingerprint density at radius 2 is 1.78 bits per heavy atom. The molecule has 1 heterocycles. The van der Waals surface area contributed by atoms with Crippen LogP contribution in [0.3, 0.4) is 0 Å². The number of carbonyl (C=O) groups excluding carboxylic acids is 1. The van der Waals surface area contributed by atoms with Gasteiger partial charge in [0.05, 0.1) is 41.8 Å². The van der Waals surface area contributed by atoms with Gasteiger partial charge in [-0.3, -0.25) is 9.78 Å². The van der Waals surface area contributed by atoms with Crippen LogP contribution in [0.2, 0.25) is 0 Å². The average Bonchev–Trinajstić information content (AvgIpc) is 3.51. The van der Waals surface area contributed by atoms with Gasteiger partial charge in [-0.2, -0.15) is 0 Å². The number of aryl methyl sites for hydroxylation is 2. The summed E-state index contributed by atoms with van der Waals surface area (Å²) in [5.41, 5.74) is 3.36. The van der Waals surface area contributed by atoms with Crippen LogP contribution in [0, 0.1) is 53.3 Å². The molecule has 4 aliphatic rings. The molecule has 0 amide bonds. The first-order valence-electron chi connectivity index (χ1n) is 20.3. The average molecular weight is 741 g/mol. The Bertz CT molecular complexity index is 1870. The first kappa shape index (κ1) is 38.7. The number of carboxylic acid groups (broad SMARTS) is 1. The van der Waals surface area contributed by atoms with Crippen LogP contribution in [0.15, 0.2) is 48.5 Å². The summed E-state index contributed by atoms with van der Waals surface area (Å²) in [6, 6.07) is 16.2. The summed E-state index contributed by atoms with van der Waals surface area (Å²) in [5.74, 6) is -0.130. The van der Waals surface area contributed by atoms with Crippen molar-refractivity contribution in [2.75, 3.05) is 12.4 Å². The molecule has 3 aromatic rings. The highest BCUT2D eigenvalue weighted by Gasteiger charge is 2.66. The number of fused-ring (bicyclic) bond motifs is 6. The lowest BCUT2D eigenvalue weighted by atomic mass is 9.42. The minimum atomic E-state index is -0.872. The maximum absolute atomic E-state index is 13.0. The Hall–Kier alpha value is -3.53. The van der Waals surface area contributed by atoms with Crippen LogP contribution in [0.4, 0.5) is 5.69 Å². The Balaban J connectivity index is 1.08. The second-order valence-corrected chi connectivity index (χ2v) is 18.1. The van der Waals surface area contributed by atoms with E-state index in [0.717, 1.165) is 41.3 Å². The number of aliphatic carboxylic acids is 1. The van der Waals surface area contributed by atoms with E-state index in [2.05, 4.69) is 38.2 Å². The molecule has 9 nitrogen and oxygen atoms in total. The fourth-order valence-corrected chi connectivity index (χ4v) is 12.3. The van der Waals surface area contributed by atoms with Crippen LogP contribution in [-0.4, -0.2) is 62.3 Å². The first-order valence-corrected chi connectivity index (χ1v) is 20.3. The highest BCUT2D eigenvalue weighted by molar-refractivity contribution is 6.06. The number of benzene rings is 2. The molecule has 5 N–H and O–H groups in total. The predicted molar refractivity (Wildman–Crippen MR) is 209 cm³/mol. The second kappa shape index (κ2) is 14.8. The number of esters is 1. The van der Waals surface area contributed by atoms with Crippen molar-refractivity contribution < 1.29 is 34.8 Å².